The lowest BCUT2D eigenvalue weighted by atomic mass is 9.90. The second-order valence-corrected chi connectivity index (χ2v) is 4.15. The second-order valence-electron chi connectivity index (χ2n) is 4.15. The number of primary amides is 1. The second kappa shape index (κ2) is 4.99. The average Bonchev–Trinajstić information content (AvgIpc) is 2.30. The van der Waals surface area contributed by atoms with E-state index in [0.717, 1.165) is 25.9 Å². The summed E-state index contributed by atoms with van der Waals surface area (Å²) in [7, 11) is 0. The van der Waals surface area contributed by atoms with Crippen LogP contribution in [-0.2, 0) is 0 Å². The number of amides is 2. The summed E-state index contributed by atoms with van der Waals surface area (Å²) in [4.78, 5) is 10.7. The Balaban J connectivity index is 1.88. The minimum Gasteiger partial charge on any atom is -0.351 e. The zero-order valence-corrected chi connectivity index (χ0v) is 9.23. The number of hydrogen-bond donors (Lipinski definition) is 2. The van der Waals surface area contributed by atoms with Gasteiger partial charge in [-0.2, -0.15) is 0 Å². The first kappa shape index (κ1) is 11.0. The topological polar surface area (TPSA) is 58.4 Å². The Bertz CT molecular complexity index is 345. The summed E-state index contributed by atoms with van der Waals surface area (Å²) in [5.41, 5.74) is 9.09. The number of benzene rings is 1. The van der Waals surface area contributed by atoms with Crippen molar-refractivity contribution < 1.29 is 4.79 Å². The van der Waals surface area contributed by atoms with Crippen LogP contribution in [0.15, 0.2) is 30.3 Å². The maximum Gasteiger partial charge on any atom is 0.326 e. The first-order valence-corrected chi connectivity index (χ1v) is 5.61. The van der Waals surface area contributed by atoms with Crippen molar-refractivity contribution in [1.29, 1.82) is 0 Å². The molecule has 86 valence electrons. The monoisotopic (exact) mass is 219 g/mol. The first-order chi connectivity index (χ1) is 7.75. The number of carbonyl (C=O) groups is 1. The fourth-order valence-corrected chi connectivity index (χ4v) is 2.21. The summed E-state index contributed by atoms with van der Waals surface area (Å²) in [5, 5.41) is 1.89. The number of nitrogens with two attached hydrogens (primary N) is 1. The average molecular weight is 219 g/mol. The van der Waals surface area contributed by atoms with E-state index >= 15 is 0 Å². The number of piperidine rings is 1. The van der Waals surface area contributed by atoms with E-state index in [0.29, 0.717) is 5.92 Å². The molecule has 1 aromatic rings. The van der Waals surface area contributed by atoms with Crippen LogP contribution in [0.1, 0.15) is 24.3 Å². The Kier molecular flexibility index (Phi) is 3.41. The lowest BCUT2D eigenvalue weighted by molar-refractivity contribution is 0.151. The van der Waals surface area contributed by atoms with E-state index in [4.69, 9.17) is 5.73 Å². The smallest absolute Gasteiger partial charge is 0.326 e. The SMILES string of the molecule is NC(=O)NN1CCC(c2ccccc2)CC1. The quantitative estimate of drug-likeness (QED) is 0.791. The Morgan fingerprint density at radius 2 is 1.88 bits per heavy atom. The molecule has 0 aromatic heterocycles. The molecule has 0 saturated carbocycles. The van der Waals surface area contributed by atoms with Gasteiger partial charge in [-0.15, -0.1) is 0 Å². The van der Waals surface area contributed by atoms with Crippen LogP contribution in [0.4, 0.5) is 4.79 Å². The molecule has 0 radical (unpaired) electrons. The molecule has 1 aliphatic heterocycles. The number of nitrogens with one attached hydrogen (secondary N) is 1. The molecule has 0 aliphatic carbocycles. The fourth-order valence-electron chi connectivity index (χ4n) is 2.21. The minimum absolute atomic E-state index is 0.474. The molecule has 0 bridgehead atoms. The van der Waals surface area contributed by atoms with Crippen molar-refractivity contribution >= 4 is 6.03 Å². The van der Waals surface area contributed by atoms with E-state index in [9.17, 15) is 4.79 Å². The Hall–Kier alpha value is -1.55. The predicted octanol–water partition coefficient (Wildman–Crippen LogP) is 1.45. The molecule has 1 aromatic carbocycles. The maximum atomic E-state index is 10.7. The third-order valence-corrected chi connectivity index (χ3v) is 3.03. The van der Waals surface area contributed by atoms with Crippen molar-refractivity contribution in [2.75, 3.05) is 13.1 Å². The Labute approximate surface area is 95.4 Å². The summed E-state index contributed by atoms with van der Waals surface area (Å²) >= 11 is 0. The molecule has 0 atom stereocenters. The van der Waals surface area contributed by atoms with Crippen molar-refractivity contribution in [3.05, 3.63) is 35.9 Å². The van der Waals surface area contributed by atoms with Crippen LogP contribution in [-0.4, -0.2) is 24.1 Å². The predicted molar refractivity (Wildman–Crippen MR) is 62.7 cm³/mol. The lowest BCUT2D eigenvalue weighted by Crippen LogP contribution is -2.48. The maximum absolute atomic E-state index is 10.7. The number of hydrazine groups is 1. The van der Waals surface area contributed by atoms with E-state index in [1.54, 1.807) is 0 Å². The van der Waals surface area contributed by atoms with Gasteiger partial charge in [0.15, 0.2) is 0 Å². The molecule has 4 nitrogen and oxygen atoms in total. The van der Waals surface area contributed by atoms with Gasteiger partial charge >= 0.3 is 6.03 Å². The molecule has 1 fully saturated rings. The van der Waals surface area contributed by atoms with E-state index in [2.05, 4.69) is 29.7 Å². The summed E-state index contributed by atoms with van der Waals surface area (Å²) in [5.74, 6) is 0.604. The highest BCUT2D eigenvalue weighted by atomic mass is 16.2. The van der Waals surface area contributed by atoms with Gasteiger partial charge in [-0.1, -0.05) is 30.3 Å². The first-order valence-electron chi connectivity index (χ1n) is 5.61. The fraction of sp³-hybridized carbons (Fsp3) is 0.417. The standard InChI is InChI=1S/C12H17N3O/c13-12(16)14-15-8-6-11(7-9-15)10-4-2-1-3-5-10/h1-5,11H,6-9H2,(H3,13,14,16). The molecule has 1 saturated heterocycles. The van der Waals surface area contributed by atoms with Gasteiger partial charge in [0.2, 0.25) is 0 Å². The zero-order valence-electron chi connectivity index (χ0n) is 9.23. The molecule has 0 unspecified atom stereocenters. The number of nitrogens with zero attached hydrogens (tertiary/aromatic N) is 1. The van der Waals surface area contributed by atoms with Crippen LogP contribution in [0, 0.1) is 0 Å². The number of hydrogen-bond acceptors (Lipinski definition) is 2. The van der Waals surface area contributed by atoms with Crippen molar-refractivity contribution in [1.82, 2.24) is 10.4 Å². The molecular weight excluding hydrogens is 202 g/mol. The van der Waals surface area contributed by atoms with Gasteiger partial charge in [-0.25, -0.2) is 9.80 Å². The molecule has 16 heavy (non-hydrogen) atoms. The lowest BCUT2D eigenvalue weighted by Gasteiger charge is -2.31. The molecule has 1 heterocycles. The van der Waals surface area contributed by atoms with Gasteiger partial charge in [-0.3, -0.25) is 5.43 Å². The van der Waals surface area contributed by atoms with Gasteiger partial charge in [0.1, 0.15) is 0 Å². The summed E-state index contributed by atoms with van der Waals surface area (Å²) in [6.07, 6.45) is 2.12. The van der Waals surface area contributed by atoms with Gasteiger partial charge in [0.25, 0.3) is 0 Å². The molecule has 0 spiro atoms. The van der Waals surface area contributed by atoms with Gasteiger partial charge < -0.3 is 5.73 Å². The van der Waals surface area contributed by atoms with Crippen LogP contribution in [0.25, 0.3) is 0 Å². The van der Waals surface area contributed by atoms with Crippen LogP contribution in [0.5, 0.6) is 0 Å². The third kappa shape index (κ3) is 2.73. The molecule has 1 aliphatic rings. The van der Waals surface area contributed by atoms with Crippen molar-refractivity contribution in [2.24, 2.45) is 5.73 Å². The van der Waals surface area contributed by atoms with Crippen molar-refractivity contribution in [2.45, 2.75) is 18.8 Å². The van der Waals surface area contributed by atoms with E-state index in [1.165, 1.54) is 5.56 Å². The van der Waals surface area contributed by atoms with Crippen LogP contribution in [0.3, 0.4) is 0 Å². The highest BCUT2D eigenvalue weighted by Crippen LogP contribution is 2.26. The van der Waals surface area contributed by atoms with Crippen molar-refractivity contribution in [3.63, 3.8) is 0 Å². The number of carbonyl (C=O) groups excluding carboxylic acids is 1. The van der Waals surface area contributed by atoms with Crippen LogP contribution >= 0.6 is 0 Å². The van der Waals surface area contributed by atoms with Crippen LogP contribution < -0.4 is 11.2 Å². The largest absolute Gasteiger partial charge is 0.351 e. The Morgan fingerprint density at radius 1 is 1.25 bits per heavy atom. The van der Waals surface area contributed by atoms with E-state index < -0.39 is 6.03 Å². The summed E-state index contributed by atoms with van der Waals surface area (Å²) in [6, 6.07) is 10.0. The molecule has 2 rings (SSSR count). The highest BCUT2D eigenvalue weighted by molar-refractivity contribution is 5.70. The molecule has 2 amide bonds. The normalized spacial score (nSPS) is 18.2. The van der Waals surface area contributed by atoms with E-state index in [1.807, 2.05) is 11.1 Å². The molecular formula is C12H17N3O. The van der Waals surface area contributed by atoms with Gasteiger partial charge in [0, 0.05) is 13.1 Å². The van der Waals surface area contributed by atoms with E-state index in [-0.39, 0.29) is 0 Å². The minimum atomic E-state index is -0.474. The summed E-state index contributed by atoms with van der Waals surface area (Å²) < 4.78 is 0. The Morgan fingerprint density at radius 3 is 2.44 bits per heavy atom. The zero-order chi connectivity index (χ0) is 11.4. The third-order valence-electron chi connectivity index (χ3n) is 3.03. The number of rotatable bonds is 2. The van der Waals surface area contributed by atoms with Gasteiger partial charge in [0.05, 0.1) is 0 Å². The number of urea groups is 1. The molecule has 3 N–H and O–H groups in total. The van der Waals surface area contributed by atoms with Gasteiger partial charge in [-0.05, 0) is 24.3 Å². The van der Waals surface area contributed by atoms with Crippen molar-refractivity contribution in [3.8, 4) is 0 Å². The summed E-state index contributed by atoms with van der Waals surface area (Å²) in [6.45, 7) is 1.73. The highest BCUT2D eigenvalue weighted by Gasteiger charge is 2.20. The van der Waals surface area contributed by atoms with Crippen LogP contribution in [0.2, 0.25) is 0 Å². The molecule has 4 heteroatoms.